The molecule has 0 fully saturated rings. The van der Waals surface area contributed by atoms with Crippen molar-refractivity contribution in [2.75, 3.05) is 0 Å². The standard InChI is InChI=1S/C9H16O6.H2O/c1-2-3-5(11)7(13)9(15)8(14)6(12)4-10;/h3-4,6-9,11-15H,2H2,1H3;1H2. The van der Waals surface area contributed by atoms with E-state index in [-0.39, 0.29) is 11.8 Å². The summed E-state index contributed by atoms with van der Waals surface area (Å²) >= 11 is 0. The van der Waals surface area contributed by atoms with Crippen molar-refractivity contribution in [2.24, 2.45) is 0 Å². The van der Waals surface area contributed by atoms with Crippen molar-refractivity contribution in [1.82, 2.24) is 0 Å². The van der Waals surface area contributed by atoms with Crippen LogP contribution in [0.15, 0.2) is 11.8 Å². The molecule has 16 heavy (non-hydrogen) atoms. The Balaban J connectivity index is 0. The third-order valence-electron chi connectivity index (χ3n) is 1.88. The van der Waals surface area contributed by atoms with Crippen molar-refractivity contribution in [3.05, 3.63) is 11.8 Å². The van der Waals surface area contributed by atoms with E-state index in [2.05, 4.69) is 0 Å². The quantitative estimate of drug-likeness (QED) is 0.258. The number of allylic oxidation sites excluding steroid dienone is 1. The molecule has 0 rings (SSSR count). The van der Waals surface area contributed by atoms with Crippen molar-refractivity contribution in [3.8, 4) is 0 Å². The van der Waals surface area contributed by atoms with Crippen molar-refractivity contribution < 1.29 is 35.8 Å². The number of carbonyl (C=O) groups excluding carboxylic acids is 1. The third kappa shape index (κ3) is 4.69. The van der Waals surface area contributed by atoms with Gasteiger partial charge in [0.05, 0.1) is 0 Å². The Hall–Kier alpha value is -0.990. The molecule has 0 bridgehead atoms. The molecule has 0 aromatic rings. The minimum absolute atomic E-state index is 0. The van der Waals surface area contributed by atoms with Gasteiger partial charge in [-0.2, -0.15) is 0 Å². The van der Waals surface area contributed by atoms with E-state index in [1.165, 1.54) is 6.08 Å². The molecule has 0 saturated carbocycles. The van der Waals surface area contributed by atoms with Gasteiger partial charge in [0, 0.05) is 0 Å². The van der Waals surface area contributed by atoms with Gasteiger partial charge in [0.1, 0.15) is 30.2 Å². The summed E-state index contributed by atoms with van der Waals surface area (Å²) in [5.74, 6) is -0.512. The van der Waals surface area contributed by atoms with E-state index in [1.807, 2.05) is 0 Å². The fourth-order valence-corrected chi connectivity index (χ4v) is 0.974. The molecule has 7 heteroatoms. The first-order valence-electron chi connectivity index (χ1n) is 4.52. The van der Waals surface area contributed by atoms with Crippen LogP contribution in [0.3, 0.4) is 0 Å². The van der Waals surface area contributed by atoms with Gasteiger partial charge in [0.15, 0.2) is 6.29 Å². The maximum absolute atomic E-state index is 10.1. The molecule has 96 valence electrons. The maximum Gasteiger partial charge on any atom is 0.151 e. The van der Waals surface area contributed by atoms with Gasteiger partial charge >= 0.3 is 0 Å². The molecule has 7 N–H and O–H groups in total. The van der Waals surface area contributed by atoms with Crippen LogP contribution in [0.5, 0.6) is 0 Å². The zero-order valence-corrected chi connectivity index (χ0v) is 8.82. The lowest BCUT2D eigenvalue weighted by Gasteiger charge is -2.23. The van der Waals surface area contributed by atoms with E-state index in [0.29, 0.717) is 6.42 Å². The molecule has 0 aliphatic rings. The summed E-state index contributed by atoms with van der Waals surface area (Å²) in [6.07, 6.45) is -5.49. The van der Waals surface area contributed by atoms with Crippen LogP contribution in [0.4, 0.5) is 0 Å². The van der Waals surface area contributed by atoms with E-state index in [0.717, 1.165) is 0 Å². The van der Waals surface area contributed by atoms with Crippen molar-refractivity contribution >= 4 is 6.29 Å². The second kappa shape index (κ2) is 8.20. The molecule has 0 aromatic carbocycles. The van der Waals surface area contributed by atoms with Crippen LogP contribution in [0.25, 0.3) is 0 Å². The molecule has 0 heterocycles. The summed E-state index contributed by atoms with van der Waals surface area (Å²) in [5.41, 5.74) is 0. The van der Waals surface area contributed by atoms with E-state index < -0.39 is 30.2 Å². The topological polar surface area (TPSA) is 150 Å². The van der Waals surface area contributed by atoms with Crippen LogP contribution in [-0.4, -0.2) is 61.7 Å². The smallest absolute Gasteiger partial charge is 0.151 e. The Morgan fingerprint density at radius 3 is 2.06 bits per heavy atom. The van der Waals surface area contributed by atoms with E-state index in [4.69, 9.17) is 15.3 Å². The normalized spacial score (nSPS) is 19.2. The Morgan fingerprint density at radius 1 is 1.19 bits per heavy atom. The van der Waals surface area contributed by atoms with Gasteiger partial charge in [-0.1, -0.05) is 6.92 Å². The van der Waals surface area contributed by atoms with Crippen LogP contribution in [0.1, 0.15) is 13.3 Å². The first-order chi connectivity index (χ1) is 6.95. The highest BCUT2D eigenvalue weighted by Crippen LogP contribution is 2.10. The lowest BCUT2D eigenvalue weighted by molar-refractivity contribution is -0.132. The summed E-state index contributed by atoms with van der Waals surface area (Å²) in [6, 6.07) is 0. The zero-order chi connectivity index (χ0) is 12.0. The SMILES string of the molecule is CCC=C(O)C(O)C(O)C(O)C(O)C=O.O. The van der Waals surface area contributed by atoms with Crippen LogP contribution in [0.2, 0.25) is 0 Å². The van der Waals surface area contributed by atoms with Gasteiger partial charge in [-0.3, -0.25) is 0 Å². The molecular weight excluding hydrogens is 220 g/mol. The zero-order valence-electron chi connectivity index (χ0n) is 8.82. The van der Waals surface area contributed by atoms with Crippen molar-refractivity contribution in [3.63, 3.8) is 0 Å². The average molecular weight is 238 g/mol. The summed E-state index contributed by atoms with van der Waals surface area (Å²) < 4.78 is 0. The number of hydrogen-bond donors (Lipinski definition) is 5. The highest BCUT2D eigenvalue weighted by atomic mass is 16.4. The number of aldehydes is 1. The number of hydrogen-bond acceptors (Lipinski definition) is 6. The number of carbonyl (C=O) groups is 1. The fraction of sp³-hybridized carbons (Fsp3) is 0.667. The molecule has 0 amide bonds. The third-order valence-corrected chi connectivity index (χ3v) is 1.88. The van der Waals surface area contributed by atoms with Crippen molar-refractivity contribution in [1.29, 1.82) is 0 Å². The molecule has 0 radical (unpaired) electrons. The predicted octanol–water partition coefficient (Wildman–Crippen LogP) is -2.34. The largest absolute Gasteiger partial charge is 0.510 e. The first kappa shape index (κ1) is 17.4. The Kier molecular flexibility index (Phi) is 8.92. The van der Waals surface area contributed by atoms with Crippen LogP contribution < -0.4 is 0 Å². The summed E-state index contributed by atoms with van der Waals surface area (Å²) in [6.45, 7) is 1.70. The van der Waals surface area contributed by atoms with Crippen molar-refractivity contribution in [2.45, 2.75) is 37.8 Å². The second-order valence-corrected chi connectivity index (χ2v) is 3.09. The van der Waals surface area contributed by atoms with E-state index in [1.54, 1.807) is 6.92 Å². The highest BCUT2D eigenvalue weighted by Gasteiger charge is 2.31. The monoisotopic (exact) mass is 238 g/mol. The maximum atomic E-state index is 10.1. The summed E-state index contributed by atoms with van der Waals surface area (Å²) in [7, 11) is 0. The predicted molar refractivity (Wildman–Crippen MR) is 54.7 cm³/mol. The molecule has 0 aliphatic heterocycles. The highest BCUT2D eigenvalue weighted by molar-refractivity contribution is 5.56. The minimum atomic E-state index is -1.84. The molecule has 7 nitrogen and oxygen atoms in total. The Bertz CT molecular complexity index is 228. The van der Waals surface area contributed by atoms with Gasteiger partial charge in [-0.05, 0) is 12.5 Å². The molecule has 4 atom stereocenters. The molecule has 4 unspecified atom stereocenters. The minimum Gasteiger partial charge on any atom is -0.510 e. The molecule has 0 aromatic heterocycles. The Labute approximate surface area is 92.6 Å². The molecular formula is C9H18O7. The van der Waals surface area contributed by atoms with E-state index >= 15 is 0 Å². The summed E-state index contributed by atoms with van der Waals surface area (Å²) in [5, 5.41) is 45.7. The average Bonchev–Trinajstić information content (AvgIpc) is 2.25. The van der Waals surface area contributed by atoms with E-state index in [9.17, 15) is 15.0 Å². The van der Waals surface area contributed by atoms with Gasteiger partial charge < -0.3 is 35.8 Å². The number of aliphatic hydroxyl groups is 5. The van der Waals surface area contributed by atoms with Crippen LogP contribution >= 0.6 is 0 Å². The summed E-state index contributed by atoms with van der Waals surface area (Å²) in [4.78, 5) is 10.1. The molecule has 0 saturated heterocycles. The van der Waals surface area contributed by atoms with Gasteiger partial charge in [0.2, 0.25) is 0 Å². The van der Waals surface area contributed by atoms with Gasteiger partial charge in [0.25, 0.3) is 0 Å². The van der Waals surface area contributed by atoms with Crippen LogP contribution in [-0.2, 0) is 4.79 Å². The number of aliphatic hydroxyl groups excluding tert-OH is 5. The molecule has 0 aliphatic carbocycles. The fourth-order valence-electron chi connectivity index (χ4n) is 0.974. The number of rotatable bonds is 6. The first-order valence-corrected chi connectivity index (χ1v) is 4.52. The van der Waals surface area contributed by atoms with Gasteiger partial charge in [-0.25, -0.2) is 0 Å². The van der Waals surface area contributed by atoms with Gasteiger partial charge in [-0.15, -0.1) is 0 Å². The lowest BCUT2D eigenvalue weighted by Crippen LogP contribution is -2.45. The molecule has 0 spiro atoms. The lowest BCUT2D eigenvalue weighted by atomic mass is 10.0. The Morgan fingerprint density at radius 2 is 1.69 bits per heavy atom. The van der Waals surface area contributed by atoms with Crippen LogP contribution in [0, 0.1) is 0 Å². The second-order valence-electron chi connectivity index (χ2n) is 3.09.